The van der Waals surface area contributed by atoms with Crippen LogP contribution in [0.5, 0.6) is 0 Å². The van der Waals surface area contributed by atoms with E-state index in [4.69, 9.17) is 5.73 Å². The SMILES string of the molecule is CC(N)C(c1ccccc1)N(C)C1CCCN(C)C1. The van der Waals surface area contributed by atoms with Crippen LogP contribution in [0.4, 0.5) is 0 Å². The summed E-state index contributed by atoms with van der Waals surface area (Å²) >= 11 is 0. The maximum Gasteiger partial charge on any atom is 0.0496 e. The number of likely N-dealkylation sites (tertiary alicyclic amines) is 1. The van der Waals surface area contributed by atoms with Crippen molar-refractivity contribution in [2.75, 3.05) is 27.2 Å². The van der Waals surface area contributed by atoms with Crippen LogP contribution in [0.25, 0.3) is 0 Å². The third-order valence-corrected chi connectivity index (χ3v) is 4.25. The van der Waals surface area contributed by atoms with Crippen molar-refractivity contribution in [3.05, 3.63) is 35.9 Å². The largest absolute Gasteiger partial charge is 0.326 e. The molecule has 1 saturated heterocycles. The zero-order chi connectivity index (χ0) is 13.8. The van der Waals surface area contributed by atoms with Gasteiger partial charge in [0.1, 0.15) is 0 Å². The molecule has 1 heterocycles. The summed E-state index contributed by atoms with van der Waals surface area (Å²) in [7, 11) is 4.44. The first kappa shape index (κ1) is 14.5. The molecule has 1 aliphatic heterocycles. The van der Waals surface area contributed by atoms with E-state index in [9.17, 15) is 0 Å². The molecule has 0 radical (unpaired) electrons. The molecule has 0 bridgehead atoms. The Bertz CT molecular complexity index is 377. The van der Waals surface area contributed by atoms with E-state index in [1.165, 1.54) is 24.9 Å². The summed E-state index contributed by atoms with van der Waals surface area (Å²) in [4.78, 5) is 4.91. The van der Waals surface area contributed by atoms with Gasteiger partial charge in [0, 0.05) is 24.7 Å². The molecule has 0 spiro atoms. The predicted octanol–water partition coefficient (Wildman–Crippen LogP) is 2.10. The van der Waals surface area contributed by atoms with Crippen LogP contribution in [-0.2, 0) is 0 Å². The van der Waals surface area contributed by atoms with E-state index >= 15 is 0 Å². The Balaban J connectivity index is 2.15. The van der Waals surface area contributed by atoms with Crippen LogP contribution in [0.1, 0.15) is 31.4 Å². The van der Waals surface area contributed by atoms with Crippen molar-refractivity contribution in [3.8, 4) is 0 Å². The van der Waals surface area contributed by atoms with E-state index in [2.05, 4.69) is 61.2 Å². The molecular formula is C16H27N3. The van der Waals surface area contributed by atoms with Gasteiger partial charge in [-0.15, -0.1) is 0 Å². The second-order valence-corrected chi connectivity index (χ2v) is 5.94. The van der Waals surface area contributed by atoms with Crippen molar-refractivity contribution in [3.63, 3.8) is 0 Å². The van der Waals surface area contributed by atoms with Gasteiger partial charge >= 0.3 is 0 Å². The van der Waals surface area contributed by atoms with E-state index in [-0.39, 0.29) is 6.04 Å². The number of hydrogen-bond donors (Lipinski definition) is 1. The summed E-state index contributed by atoms with van der Waals surface area (Å²) in [5, 5.41) is 0. The van der Waals surface area contributed by atoms with Crippen LogP contribution in [0.2, 0.25) is 0 Å². The molecule has 106 valence electrons. The lowest BCUT2D eigenvalue weighted by Crippen LogP contribution is -2.49. The lowest BCUT2D eigenvalue weighted by Gasteiger charge is -2.41. The van der Waals surface area contributed by atoms with Gasteiger partial charge in [0.05, 0.1) is 0 Å². The second kappa shape index (κ2) is 6.51. The Kier molecular flexibility index (Phi) is 4.97. The van der Waals surface area contributed by atoms with Crippen molar-refractivity contribution in [2.45, 2.75) is 37.9 Å². The Morgan fingerprint density at radius 2 is 2.00 bits per heavy atom. The van der Waals surface area contributed by atoms with Gasteiger partial charge in [-0.1, -0.05) is 30.3 Å². The first-order valence-corrected chi connectivity index (χ1v) is 7.30. The molecule has 3 nitrogen and oxygen atoms in total. The topological polar surface area (TPSA) is 32.5 Å². The fourth-order valence-electron chi connectivity index (χ4n) is 3.26. The Labute approximate surface area is 117 Å². The summed E-state index contributed by atoms with van der Waals surface area (Å²) in [6.07, 6.45) is 2.56. The molecule has 1 aromatic rings. The highest BCUT2D eigenvalue weighted by atomic mass is 15.2. The molecule has 1 fully saturated rings. The van der Waals surface area contributed by atoms with E-state index in [1.807, 2.05) is 0 Å². The molecule has 1 aromatic carbocycles. The molecule has 0 saturated carbocycles. The quantitative estimate of drug-likeness (QED) is 0.901. The van der Waals surface area contributed by atoms with Crippen molar-refractivity contribution < 1.29 is 0 Å². The number of nitrogens with zero attached hydrogens (tertiary/aromatic N) is 2. The van der Waals surface area contributed by atoms with Gasteiger partial charge in [0.2, 0.25) is 0 Å². The minimum absolute atomic E-state index is 0.139. The highest BCUT2D eigenvalue weighted by Gasteiger charge is 2.29. The molecule has 1 aliphatic rings. The van der Waals surface area contributed by atoms with E-state index in [0.29, 0.717) is 12.1 Å². The highest BCUT2D eigenvalue weighted by Crippen LogP contribution is 2.27. The average Bonchev–Trinajstić information content (AvgIpc) is 2.39. The van der Waals surface area contributed by atoms with Crippen LogP contribution in [0.15, 0.2) is 30.3 Å². The van der Waals surface area contributed by atoms with Gasteiger partial charge in [-0.2, -0.15) is 0 Å². The smallest absolute Gasteiger partial charge is 0.0496 e. The number of benzene rings is 1. The summed E-state index contributed by atoms with van der Waals surface area (Å²) in [5.41, 5.74) is 7.58. The molecule has 2 N–H and O–H groups in total. The normalized spacial score (nSPS) is 24.4. The summed E-state index contributed by atoms with van der Waals surface area (Å²) in [6.45, 7) is 4.48. The molecular weight excluding hydrogens is 234 g/mol. The Hall–Kier alpha value is -0.900. The Morgan fingerprint density at radius 3 is 2.58 bits per heavy atom. The van der Waals surface area contributed by atoms with Crippen LogP contribution in [-0.4, -0.2) is 49.1 Å². The first-order valence-electron chi connectivity index (χ1n) is 7.30. The van der Waals surface area contributed by atoms with Crippen molar-refractivity contribution in [1.82, 2.24) is 9.80 Å². The van der Waals surface area contributed by atoms with E-state index in [1.54, 1.807) is 0 Å². The number of rotatable bonds is 4. The summed E-state index contributed by atoms with van der Waals surface area (Å²) in [6, 6.07) is 11.7. The monoisotopic (exact) mass is 261 g/mol. The van der Waals surface area contributed by atoms with Gasteiger partial charge < -0.3 is 10.6 Å². The molecule has 0 aliphatic carbocycles. The summed E-state index contributed by atoms with van der Waals surface area (Å²) in [5.74, 6) is 0. The van der Waals surface area contributed by atoms with Gasteiger partial charge in [-0.05, 0) is 46.0 Å². The number of hydrogen-bond acceptors (Lipinski definition) is 3. The minimum Gasteiger partial charge on any atom is -0.326 e. The van der Waals surface area contributed by atoms with Crippen molar-refractivity contribution >= 4 is 0 Å². The molecule has 19 heavy (non-hydrogen) atoms. The standard InChI is InChI=1S/C16H27N3/c1-13(17)16(14-8-5-4-6-9-14)19(3)15-10-7-11-18(2)12-15/h4-6,8-9,13,15-16H,7,10-12,17H2,1-3H3. The molecule has 3 atom stereocenters. The van der Waals surface area contributed by atoms with Crippen LogP contribution in [0, 0.1) is 0 Å². The molecule has 3 unspecified atom stereocenters. The highest BCUT2D eigenvalue weighted by molar-refractivity contribution is 5.20. The zero-order valence-corrected chi connectivity index (χ0v) is 12.4. The summed E-state index contributed by atoms with van der Waals surface area (Å²) < 4.78 is 0. The lowest BCUT2D eigenvalue weighted by molar-refractivity contribution is 0.0893. The fraction of sp³-hybridized carbons (Fsp3) is 0.625. The predicted molar refractivity (Wildman–Crippen MR) is 81.1 cm³/mol. The van der Waals surface area contributed by atoms with Crippen LogP contribution >= 0.6 is 0 Å². The molecule has 0 amide bonds. The van der Waals surface area contributed by atoms with Crippen LogP contribution < -0.4 is 5.73 Å². The molecule has 2 rings (SSSR count). The van der Waals surface area contributed by atoms with Crippen molar-refractivity contribution in [2.24, 2.45) is 5.73 Å². The Morgan fingerprint density at radius 1 is 1.32 bits per heavy atom. The number of nitrogens with two attached hydrogens (primary N) is 1. The average molecular weight is 261 g/mol. The molecule has 0 aromatic heterocycles. The lowest BCUT2D eigenvalue weighted by atomic mass is 9.95. The maximum atomic E-state index is 6.26. The third kappa shape index (κ3) is 3.56. The van der Waals surface area contributed by atoms with Gasteiger partial charge in [0.15, 0.2) is 0 Å². The number of piperidine rings is 1. The first-order chi connectivity index (χ1) is 9.09. The third-order valence-electron chi connectivity index (χ3n) is 4.25. The molecule has 3 heteroatoms. The van der Waals surface area contributed by atoms with Gasteiger partial charge in [0.25, 0.3) is 0 Å². The van der Waals surface area contributed by atoms with Crippen molar-refractivity contribution in [1.29, 1.82) is 0 Å². The maximum absolute atomic E-state index is 6.26. The zero-order valence-electron chi connectivity index (χ0n) is 12.4. The van der Waals surface area contributed by atoms with Crippen LogP contribution in [0.3, 0.4) is 0 Å². The number of likely N-dealkylation sites (N-methyl/N-ethyl adjacent to an activating group) is 2. The van der Waals surface area contributed by atoms with Gasteiger partial charge in [-0.3, -0.25) is 4.90 Å². The second-order valence-electron chi connectivity index (χ2n) is 5.94. The fourth-order valence-corrected chi connectivity index (χ4v) is 3.26. The van der Waals surface area contributed by atoms with E-state index in [0.717, 1.165) is 6.54 Å². The minimum atomic E-state index is 0.139. The van der Waals surface area contributed by atoms with Gasteiger partial charge in [-0.25, -0.2) is 0 Å². The van der Waals surface area contributed by atoms with E-state index < -0.39 is 0 Å².